The molecule has 4 N–H and O–H groups in total. The molecule has 0 aliphatic carbocycles. The molecule has 0 unspecified atom stereocenters. The van der Waals surface area contributed by atoms with E-state index in [1.54, 1.807) is 0 Å². The lowest BCUT2D eigenvalue weighted by Gasteiger charge is -2.10. The number of aromatic amines is 1. The standard InChI is InChI=1S/C21H15ClFN5O5S2/c1-2-24-16-10-15-13(9-14(16)23)19(29)28(21(31)26-15)12-5-3-11(4-6-12)25-20(30)27-35(32,33)18-8-7-17(22)34-18/h2-10,24H,1H2,(H,26,31)(H2,25,27,30). The number of carbonyl (C=O) groups is 1. The Morgan fingerprint density at radius 1 is 1.14 bits per heavy atom. The largest absolute Gasteiger partial charge is 0.360 e. The summed E-state index contributed by atoms with van der Waals surface area (Å²) < 4.78 is 41.5. The van der Waals surface area contributed by atoms with Gasteiger partial charge in [0, 0.05) is 5.69 Å². The second-order valence-corrected chi connectivity index (χ2v) is 10.6. The molecule has 180 valence electrons. The van der Waals surface area contributed by atoms with Crippen molar-refractivity contribution >= 4 is 61.3 Å². The molecule has 4 rings (SSSR count). The number of sulfonamides is 1. The molecule has 14 heteroatoms. The predicted molar refractivity (Wildman–Crippen MR) is 133 cm³/mol. The van der Waals surface area contributed by atoms with Crippen molar-refractivity contribution in [1.82, 2.24) is 14.3 Å². The minimum absolute atomic E-state index is 0.0400. The van der Waals surface area contributed by atoms with E-state index >= 15 is 0 Å². The first-order chi connectivity index (χ1) is 16.6. The van der Waals surface area contributed by atoms with Crippen LogP contribution in [0.1, 0.15) is 0 Å². The summed E-state index contributed by atoms with van der Waals surface area (Å²) in [7, 11) is -4.11. The minimum Gasteiger partial charge on any atom is -0.360 e. The van der Waals surface area contributed by atoms with Crippen LogP contribution in [-0.2, 0) is 10.0 Å². The molecule has 0 saturated heterocycles. The van der Waals surface area contributed by atoms with Gasteiger partial charge in [0.05, 0.1) is 26.6 Å². The van der Waals surface area contributed by atoms with E-state index in [0.717, 1.165) is 22.0 Å². The summed E-state index contributed by atoms with van der Waals surface area (Å²) in [4.78, 5) is 40.2. The van der Waals surface area contributed by atoms with Crippen molar-refractivity contribution in [2.45, 2.75) is 4.21 Å². The molecular weight excluding hydrogens is 521 g/mol. The predicted octanol–water partition coefficient (Wildman–Crippen LogP) is 3.60. The minimum atomic E-state index is -4.11. The number of nitrogens with zero attached hydrogens (tertiary/aromatic N) is 1. The number of fused-ring (bicyclic) bond motifs is 1. The van der Waals surface area contributed by atoms with Gasteiger partial charge >= 0.3 is 11.7 Å². The highest BCUT2D eigenvalue weighted by molar-refractivity contribution is 7.92. The number of nitrogens with one attached hydrogen (secondary N) is 4. The molecule has 0 aliphatic rings. The zero-order chi connectivity index (χ0) is 25.3. The zero-order valence-corrected chi connectivity index (χ0v) is 19.9. The number of hydrogen-bond acceptors (Lipinski definition) is 7. The summed E-state index contributed by atoms with van der Waals surface area (Å²) in [5.74, 6) is -0.710. The van der Waals surface area contributed by atoms with Crippen LogP contribution in [0.3, 0.4) is 0 Å². The molecular formula is C21H15ClFN5O5S2. The highest BCUT2D eigenvalue weighted by Gasteiger charge is 2.20. The Kier molecular flexibility index (Phi) is 6.47. The second-order valence-electron chi connectivity index (χ2n) is 6.96. The molecule has 4 aromatic rings. The molecule has 0 aliphatic heterocycles. The van der Waals surface area contributed by atoms with E-state index < -0.39 is 33.1 Å². The molecule has 2 aromatic carbocycles. The number of hydrogen-bond donors (Lipinski definition) is 4. The number of amides is 2. The fraction of sp³-hybridized carbons (Fsp3) is 0. The highest BCUT2D eigenvalue weighted by atomic mass is 35.5. The van der Waals surface area contributed by atoms with E-state index in [2.05, 4.69) is 22.2 Å². The Balaban J connectivity index is 1.59. The van der Waals surface area contributed by atoms with E-state index in [1.165, 1.54) is 48.7 Å². The van der Waals surface area contributed by atoms with Gasteiger partial charge in [-0.3, -0.25) is 4.79 Å². The number of urea groups is 1. The maximum absolute atomic E-state index is 14.3. The molecule has 0 spiro atoms. The lowest BCUT2D eigenvalue weighted by Crippen LogP contribution is -2.34. The van der Waals surface area contributed by atoms with Crippen molar-refractivity contribution in [3.63, 3.8) is 0 Å². The van der Waals surface area contributed by atoms with Gasteiger partial charge in [-0.15, -0.1) is 11.3 Å². The first-order valence-corrected chi connectivity index (χ1v) is 12.3. The van der Waals surface area contributed by atoms with Crippen LogP contribution < -0.4 is 26.6 Å². The van der Waals surface area contributed by atoms with Gasteiger partial charge in [0.25, 0.3) is 15.6 Å². The molecule has 2 aromatic heterocycles. The average molecular weight is 536 g/mol. The van der Waals surface area contributed by atoms with Crippen molar-refractivity contribution < 1.29 is 17.6 Å². The number of thiophene rings is 1. The smallest absolute Gasteiger partial charge is 0.333 e. The van der Waals surface area contributed by atoms with E-state index in [4.69, 9.17) is 11.6 Å². The molecule has 10 nitrogen and oxygen atoms in total. The molecule has 0 atom stereocenters. The van der Waals surface area contributed by atoms with Crippen LogP contribution in [0.15, 0.2) is 75.1 Å². The van der Waals surface area contributed by atoms with Crippen LogP contribution in [0, 0.1) is 5.82 Å². The number of H-pyrrole nitrogens is 1. The van der Waals surface area contributed by atoms with Crippen LogP contribution in [0.2, 0.25) is 4.34 Å². The van der Waals surface area contributed by atoms with Crippen LogP contribution in [0.5, 0.6) is 0 Å². The normalized spacial score (nSPS) is 11.3. The quantitative estimate of drug-likeness (QED) is 0.297. The van der Waals surface area contributed by atoms with Gasteiger partial charge in [0.1, 0.15) is 10.0 Å². The third-order valence-electron chi connectivity index (χ3n) is 4.67. The monoisotopic (exact) mass is 535 g/mol. The average Bonchev–Trinajstić information content (AvgIpc) is 3.23. The Morgan fingerprint density at radius 3 is 2.49 bits per heavy atom. The third kappa shape index (κ3) is 4.96. The Labute approximate surface area is 205 Å². The summed E-state index contributed by atoms with van der Waals surface area (Å²) >= 11 is 6.52. The number of carbonyl (C=O) groups excluding carboxylic acids is 1. The number of anilines is 2. The van der Waals surface area contributed by atoms with Gasteiger partial charge < -0.3 is 15.6 Å². The highest BCUT2D eigenvalue weighted by Crippen LogP contribution is 2.25. The SMILES string of the molecule is C=CNc1cc2[nH]c(=O)n(-c3ccc(NC(=O)NS(=O)(=O)c4ccc(Cl)s4)cc3)c(=O)c2cc1F. The number of aromatic nitrogens is 2. The number of halogens is 2. The first-order valence-electron chi connectivity index (χ1n) is 9.64. The number of benzene rings is 2. The molecule has 0 fully saturated rings. The maximum Gasteiger partial charge on any atom is 0.333 e. The van der Waals surface area contributed by atoms with E-state index in [9.17, 15) is 27.2 Å². The van der Waals surface area contributed by atoms with Gasteiger partial charge in [-0.2, -0.15) is 0 Å². The van der Waals surface area contributed by atoms with Gasteiger partial charge in [-0.1, -0.05) is 18.2 Å². The molecule has 2 amide bonds. The van der Waals surface area contributed by atoms with Gasteiger partial charge in [0.15, 0.2) is 0 Å². The van der Waals surface area contributed by atoms with Crippen LogP contribution in [-0.4, -0.2) is 24.0 Å². The molecule has 0 bridgehead atoms. The summed E-state index contributed by atoms with van der Waals surface area (Å²) in [6.45, 7) is 3.44. The zero-order valence-electron chi connectivity index (χ0n) is 17.5. The van der Waals surface area contributed by atoms with Gasteiger partial charge in [0.2, 0.25) is 0 Å². The lowest BCUT2D eigenvalue weighted by molar-refractivity contribution is 0.256. The maximum atomic E-state index is 14.3. The molecule has 35 heavy (non-hydrogen) atoms. The molecule has 0 saturated carbocycles. The van der Waals surface area contributed by atoms with Crippen LogP contribution in [0.4, 0.5) is 20.6 Å². The molecule has 2 heterocycles. The van der Waals surface area contributed by atoms with Crippen LogP contribution in [0.25, 0.3) is 16.6 Å². The Hall–Kier alpha value is -3.94. The number of rotatable bonds is 6. The van der Waals surface area contributed by atoms with Crippen molar-refractivity contribution in [1.29, 1.82) is 0 Å². The summed E-state index contributed by atoms with van der Waals surface area (Å²) in [5, 5.41) is 4.86. The van der Waals surface area contributed by atoms with Crippen molar-refractivity contribution in [2.24, 2.45) is 0 Å². The van der Waals surface area contributed by atoms with Gasteiger partial charge in [-0.05, 0) is 54.7 Å². The van der Waals surface area contributed by atoms with Gasteiger partial charge in [-0.25, -0.2) is 31.7 Å². The van der Waals surface area contributed by atoms with E-state index in [-0.39, 0.29) is 36.5 Å². The van der Waals surface area contributed by atoms with Crippen LogP contribution >= 0.6 is 22.9 Å². The third-order valence-corrected chi connectivity index (χ3v) is 7.72. The summed E-state index contributed by atoms with van der Waals surface area (Å²) in [5.41, 5.74) is -1.03. The van der Waals surface area contributed by atoms with E-state index in [0.29, 0.717) is 0 Å². The Morgan fingerprint density at radius 2 is 1.86 bits per heavy atom. The summed E-state index contributed by atoms with van der Waals surface area (Å²) in [6, 6.07) is 9.33. The Bertz CT molecular complexity index is 1690. The van der Waals surface area contributed by atoms with Crippen molar-refractivity contribution in [2.75, 3.05) is 10.6 Å². The van der Waals surface area contributed by atoms with E-state index in [1.807, 2.05) is 4.72 Å². The van der Waals surface area contributed by atoms with Crippen molar-refractivity contribution in [3.8, 4) is 5.69 Å². The first kappa shape index (κ1) is 24.2. The van der Waals surface area contributed by atoms with Crippen molar-refractivity contribution in [3.05, 3.63) is 92.3 Å². The topological polar surface area (TPSA) is 142 Å². The summed E-state index contributed by atoms with van der Waals surface area (Å²) in [6.07, 6.45) is 1.26. The second kappa shape index (κ2) is 9.37. The lowest BCUT2D eigenvalue weighted by atomic mass is 10.2. The molecule has 0 radical (unpaired) electrons. The fourth-order valence-corrected chi connectivity index (χ4v) is 5.55. The fourth-order valence-electron chi connectivity index (χ4n) is 3.16.